The van der Waals surface area contributed by atoms with Crippen molar-refractivity contribution in [3.05, 3.63) is 16.5 Å². The Hall–Kier alpha value is 0.0500. The Morgan fingerprint density at radius 1 is 1.44 bits per heavy atom. The zero-order chi connectivity index (χ0) is 13.6. The first kappa shape index (κ1) is 14.5. The number of rotatable bonds is 2. The first-order chi connectivity index (χ1) is 8.23. The third kappa shape index (κ3) is 2.65. The molecular formula is C10H14ClNO3S3. The normalized spacial score (nSPS) is 25.2. The molecule has 2 heterocycles. The highest BCUT2D eigenvalue weighted by Gasteiger charge is 2.39. The highest BCUT2D eigenvalue weighted by molar-refractivity contribution is 7.91. The largest absolute Gasteiger partial charge is 0.259 e. The maximum Gasteiger partial charge on any atom is 0.252 e. The van der Waals surface area contributed by atoms with Gasteiger partial charge in [0, 0.05) is 29.6 Å². The summed E-state index contributed by atoms with van der Waals surface area (Å²) in [7, 11) is -4.49. The summed E-state index contributed by atoms with van der Waals surface area (Å²) in [5.74, 6) is 0.380. The number of nitrogens with zero attached hydrogens (tertiary/aromatic N) is 1. The zero-order valence-electron chi connectivity index (χ0n) is 10.1. The average molecular weight is 328 g/mol. The van der Waals surface area contributed by atoms with Gasteiger partial charge in [0.15, 0.2) is 0 Å². The SMILES string of the molecule is CC1(C)CN(S(=O)(=O)c2ccc(Cl)s2)CC[S@@]1=O. The summed E-state index contributed by atoms with van der Waals surface area (Å²) in [6.07, 6.45) is 0. The Labute approximate surface area is 118 Å². The van der Waals surface area contributed by atoms with Gasteiger partial charge in [-0.05, 0) is 26.0 Å². The van der Waals surface area contributed by atoms with Crippen LogP contribution in [0.5, 0.6) is 0 Å². The van der Waals surface area contributed by atoms with E-state index in [0.717, 1.165) is 11.3 Å². The van der Waals surface area contributed by atoms with Gasteiger partial charge in [0.05, 0.1) is 9.08 Å². The fraction of sp³-hybridized carbons (Fsp3) is 0.600. The van der Waals surface area contributed by atoms with Gasteiger partial charge >= 0.3 is 0 Å². The number of sulfonamides is 1. The molecule has 1 saturated heterocycles. The maximum atomic E-state index is 12.4. The van der Waals surface area contributed by atoms with Gasteiger partial charge in [-0.25, -0.2) is 8.42 Å². The standard InChI is InChI=1S/C10H14ClNO3S3/c1-10(2)7-12(5-6-17(10)13)18(14,15)9-4-3-8(11)16-9/h3-4H,5-7H2,1-2H3/t17-/m0/s1. The van der Waals surface area contributed by atoms with E-state index in [1.165, 1.54) is 10.4 Å². The molecule has 4 nitrogen and oxygen atoms in total. The van der Waals surface area contributed by atoms with Crippen molar-refractivity contribution in [1.29, 1.82) is 0 Å². The Bertz CT molecular complexity index is 579. The van der Waals surface area contributed by atoms with Gasteiger partial charge in [0.25, 0.3) is 10.0 Å². The van der Waals surface area contributed by atoms with Crippen molar-refractivity contribution in [1.82, 2.24) is 4.31 Å². The third-order valence-electron chi connectivity index (χ3n) is 2.84. The van der Waals surface area contributed by atoms with Crippen LogP contribution < -0.4 is 0 Å². The van der Waals surface area contributed by atoms with Crippen molar-refractivity contribution in [2.45, 2.75) is 22.8 Å². The first-order valence-electron chi connectivity index (χ1n) is 5.37. The fourth-order valence-corrected chi connectivity index (χ4v) is 6.48. The summed E-state index contributed by atoms with van der Waals surface area (Å²) in [4.78, 5) is 0. The molecule has 0 amide bonds. The molecule has 8 heteroatoms. The lowest BCUT2D eigenvalue weighted by Gasteiger charge is -2.36. The minimum Gasteiger partial charge on any atom is -0.259 e. The van der Waals surface area contributed by atoms with E-state index in [1.807, 2.05) is 13.8 Å². The van der Waals surface area contributed by atoms with Crippen LogP contribution in [-0.2, 0) is 20.8 Å². The summed E-state index contributed by atoms with van der Waals surface area (Å²) < 4.78 is 38.1. The summed E-state index contributed by atoms with van der Waals surface area (Å²) in [6.45, 7) is 4.23. The van der Waals surface area contributed by atoms with Crippen molar-refractivity contribution in [2.24, 2.45) is 0 Å². The van der Waals surface area contributed by atoms with E-state index in [9.17, 15) is 12.6 Å². The van der Waals surface area contributed by atoms with E-state index >= 15 is 0 Å². The molecule has 1 aliphatic heterocycles. The van der Waals surface area contributed by atoms with Gasteiger partial charge in [0.1, 0.15) is 4.21 Å². The summed E-state index contributed by atoms with van der Waals surface area (Å²) in [5, 5.41) is 0. The van der Waals surface area contributed by atoms with Gasteiger partial charge < -0.3 is 0 Å². The average Bonchev–Trinajstić information content (AvgIpc) is 2.69. The molecule has 2 rings (SSSR count). The lowest BCUT2D eigenvalue weighted by atomic mass is 10.2. The predicted octanol–water partition coefficient (Wildman–Crippen LogP) is 1.93. The molecule has 0 aromatic carbocycles. The summed E-state index contributed by atoms with van der Waals surface area (Å²) in [6, 6.07) is 3.09. The molecule has 0 N–H and O–H groups in total. The molecule has 1 aliphatic rings. The third-order valence-corrected chi connectivity index (χ3v) is 8.30. The molecule has 18 heavy (non-hydrogen) atoms. The number of thiophene rings is 1. The van der Waals surface area contributed by atoms with Crippen molar-refractivity contribution in [3.63, 3.8) is 0 Å². The zero-order valence-corrected chi connectivity index (χ0v) is 13.3. The van der Waals surface area contributed by atoms with Gasteiger partial charge in [-0.1, -0.05) is 11.6 Å². The molecule has 0 aliphatic carbocycles. The van der Waals surface area contributed by atoms with E-state index in [0.29, 0.717) is 16.6 Å². The molecule has 0 saturated carbocycles. The maximum absolute atomic E-state index is 12.4. The topological polar surface area (TPSA) is 54.5 Å². The Morgan fingerprint density at radius 2 is 2.11 bits per heavy atom. The van der Waals surface area contributed by atoms with Crippen molar-refractivity contribution >= 4 is 43.8 Å². The molecule has 102 valence electrons. The molecule has 0 radical (unpaired) electrons. The second kappa shape index (κ2) is 4.86. The molecule has 1 atom stereocenters. The number of hydrogen-bond acceptors (Lipinski definition) is 4. The Morgan fingerprint density at radius 3 is 2.61 bits per heavy atom. The highest BCUT2D eigenvalue weighted by atomic mass is 35.5. The predicted molar refractivity (Wildman–Crippen MR) is 75.2 cm³/mol. The van der Waals surface area contributed by atoms with Crippen LogP contribution in [0.3, 0.4) is 0 Å². The lowest BCUT2D eigenvalue weighted by Crippen LogP contribution is -2.51. The van der Waals surface area contributed by atoms with Crippen LogP contribution in [-0.4, -0.2) is 40.5 Å². The molecular weight excluding hydrogens is 314 g/mol. The highest BCUT2D eigenvalue weighted by Crippen LogP contribution is 2.31. The summed E-state index contributed by atoms with van der Waals surface area (Å²) in [5.41, 5.74) is 0. The van der Waals surface area contributed by atoms with Crippen LogP contribution in [0.25, 0.3) is 0 Å². The second-order valence-electron chi connectivity index (χ2n) is 4.71. The van der Waals surface area contributed by atoms with Crippen LogP contribution in [0, 0.1) is 0 Å². The molecule has 0 unspecified atom stereocenters. The summed E-state index contributed by atoms with van der Waals surface area (Å²) >= 11 is 6.82. The van der Waals surface area contributed by atoms with Crippen LogP contribution >= 0.6 is 22.9 Å². The van der Waals surface area contributed by atoms with E-state index < -0.39 is 25.6 Å². The smallest absolute Gasteiger partial charge is 0.252 e. The lowest BCUT2D eigenvalue weighted by molar-refractivity contribution is 0.379. The number of hydrogen-bond donors (Lipinski definition) is 0. The van der Waals surface area contributed by atoms with Gasteiger partial charge in [-0.15, -0.1) is 11.3 Å². The molecule has 1 aromatic heterocycles. The molecule has 0 bridgehead atoms. The molecule has 1 aromatic rings. The quantitative estimate of drug-likeness (QED) is 0.834. The van der Waals surface area contributed by atoms with Gasteiger partial charge in [0.2, 0.25) is 0 Å². The minimum atomic E-state index is -3.50. The number of halogens is 1. The van der Waals surface area contributed by atoms with Crippen LogP contribution in [0.15, 0.2) is 16.3 Å². The first-order valence-corrected chi connectivity index (χ1v) is 9.33. The van der Waals surface area contributed by atoms with Crippen LogP contribution in [0.2, 0.25) is 4.34 Å². The monoisotopic (exact) mass is 327 g/mol. The Balaban J connectivity index is 2.30. The minimum absolute atomic E-state index is 0.246. The Kier molecular flexibility index (Phi) is 3.91. The van der Waals surface area contributed by atoms with E-state index in [2.05, 4.69) is 0 Å². The van der Waals surface area contributed by atoms with E-state index in [1.54, 1.807) is 6.07 Å². The fourth-order valence-electron chi connectivity index (χ4n) is 1.81. The molecule has 1 fully saturated rings. The van der Waals surface area contributed by atoms with Crippen LogP contribution in [0.1, 0.15) is 13.8 Å². The van der Waals surface area contributed by atoms with Crippen molar-refractivity contribution < 1.29 is 12.6 Å². The molecule has 0 spiro atoms. The van der Waals surface area contributed by atoms with Crippen molar-refractivity contribution in [3.8, 4) is 0 Å². The van der Waals surface area contributed by atoms with Gasteiger partial charge in [-0.2, -0.15) is 4.31 Å². The van der Waals surface area contributed by atoms with Gasteiger partial charge in [-0.3, -0.25) is 4.21 Å². The van der Waals surface area contributed by atoms with Crippen molar-refractivity contribution in [2.75, 3.05) is 18.8 Å². The van der Waals surface area contributed by atoms with E-state index in [4.69, 9.17) is 11.6 Å². The second-order valence-corrected chi connectivity index (χ2v) is 10.8. The van der Waals surface area contributed by atoms with Crippen LogP contribution in [0.4, 0.5) is 0 Å². The van der Waals surface area contributed by atoms with E-state index in [-0.39, 0.29) is 10.8 Å².